The van der Waals surface area contributed by atoms with E-state index in [1.54, 1.807) is 17.9 Å². The van der Waals surface area contributed by atoms with Crippen LogP contribution in [0.3, 0.4) is 0 Å². The summed E-state index contributed by atoms with van der Waals surface area (Å²) in [5.74, 6) is -0.281. The first-order chi connectivity index (χ1) is 15.4. The van der Waals surface area contributed by atoms with Gasteiger partial charge in [0.2, 0.25) is 0 Å². The van der Waals surface area contributed by atoms with E-state index >= 15 is 0 Å². The Labute approximate surface area is 183 Å². The third kappa shape index (κ3) is 3.89. The van der Waals surface area contributed by atoms with Crippen LogP contribution in [0.2, 0.25) is 0 Å². The summed E-state index contributed by atoms with van der Waals surface area (Å²) in [6.07, 6.45) is 4.32. The van der Waals surface area contributed by atoms with Gasteiger partial charge in [-0.25, -0.2) is 4.39 Å². The Morgan fingerprint density at radius 3 is 2.75 bits per heavy atom. The Morgan fingerprint density at radius 2 is 2.09 bits per heavy atom. The zero-order valence-electron chi connectivity index (χ0n) is 17.7. The number of methoxy groups -OCH3 is 1. The fraction of sp³-hybridized carbons (Fsp3) is 0.261. The molecule has 9 heteroatoms. The van der Waals surface area contributed by atoms with E-state index in [0.29, 0.717) is 31.6 Å². The standard InChI is InChI=1S/C23H22FN3O5/c1-3-32-22-12-20(27(29)30)17(11-21(22)31-2)23(28)26-8-6-14(7-9-26)18-13-25-19-10-15(24)4-5-16(18)19/h4-6,10-13,25H,3,7-9H2,1-2H3. The molecule has 1 N–H and O–H groups in total. The number of hydrogen-bond donors (Lipinski definition) is 1. The minimum Gasteiger partial charge on any atom is -0.493 e. The fourth-order valence-corrected chi connectivity index (χ4v) is 3.93. The number of rotatable bonds is 6. The molecule has 1 aliphatic rings. The Morgan fingerprint density at radius 1 is 1.28 bits per heavy atom. The molecule has 0 unspecified atom stereocenters. The predicted octanol–water partition coefficient (Wildman–Crippen LogP) is 4.55. The van der Waals surface area contributed by atoms with Gasteiger partial charge in [-0.15, -0.1) is 0 Å². The van der Waals surface area contributed by atoms with Crippen molar-refractivity contribution in [2.45, 2.75) is 13.3 Å². The average molecular weight is 439 g/mol. The number of nitro benzene ring substituents is 1. The Hall–Kier alpha value is -3.88. The number of hydrogen-bond acceptors (Lipinski definition) is 5. The number of carbonyl (C=O) groups excluding carboxylic acids is 1. The molecule has 166 valence electrons. The largest absolute Gasteiger partial charge is 0.493 e. The van der Waals surface area contributed by atoms with Crippen molar-refractivity contribution in [1.82, 2.24) is 9.88 Å². The fourth-order valence-electron chi connectivity index (χ4n) is 3.93. The Bertz CT molecular complexity index is 1230. The number of halogens is 1. The third-order valence-corrected chi connectivity index (χ3v) is 5.49. The first-order valence-corrected chi connectivity index (χ1v) is 10.2. The van der Waals surface area contributed by atoms with Gasteiger partial charge in [0.1, 0.15) is 11.4 Å². The summed E-state index contributed by atoms with van der Waals surface area (Å²) in [5.41, 5.74) is 2.32. The number of benzene rings is 2. The smallest absolute Gasteiger partial charge is 0.286 e. The highest BCUT2D eigenvalue weighted by Crippen LogP contribution is 2.36. The van der Waals surface area contributed by atoms with Crippen LogP contribution in [0.1, 0.15) is 29.3 Å². The molecule has 4 rings (SSSR count). The monoisotopic (exact) mass is 439 g/mol. The number of amides is 1. The molecule has 1 aliphatic heterocycles. The number of aromatic amines is 1. The van der Waals surface area contributed by atoms with Gasteiger partial charge in [-0.3, -0.25) is 14.9 Å². The minimum absolute atomic E-state index is 0.0466. The van der Waals surface area contributed by atoms with Crippen molar-refractivity contribution in [3.63, 3.8) is 0 Å². The molecule has 0 saturated carbocycles. The molecule has 2 aromatic carbocycles. The first-order valence-electron chi connectivity index (χ1n) is 10.2. The topological polar surface area (TPSA) is 97.7 Å². The van der Waals surface area contributed by atoms with E-state index in [9.17, 15) is 19.3 Å². The lowest BCUT2D eigenvalue weighted by Crippen LogP contribution is -2.35. The molecule has 0 saturated heterocycles. The quantitative estimate of drug-likeness (QED) is 0.449. The van der Waals surface area contributed by atoms with Gasteiger partial charge in [0.15, 0.2) is 11.5 Å². The van der Waals surface area contributed by atoms with E-state index in [4.69, 9.17) is 9.47 Å². The van der Waals surface area contributed by atoms with Crippen molar-refractivity contribution < 1.29 is 23.6 Å². The molecule has 32 heavy (non-hydrogen) atoms. The highest BCUT2D eigenvalue weighted by Gasteiger charge is 2.29. The Kier molecular flexibility index (Phi) is 5.81. The van der Waals surface area contributed by atoms with Crippen molar-refractivity contribution in [3.8, 4) is 11.5 Å². The van der Waals surface area contributed by atoms with Crippen molar-refractivity contribution >= 4 is 28.1 Å². The summed E-state index contributed by atoms with van der Waals surface area (Å²) in [7, 11) is 1.42. The lowest BCUT2D eigenvalue weighted by atomic mass is 9.98. The number of nitrogens with zero attached hydrogens (tertiary/aromatic N) is 2. The molecule has 0 atom stereocenters. The number of ether oxygens (including phenoxy) is 2. The van der Waals surface area contributed by atoms with Gasteiger partial charge in [-0.05, 0) is 37.1 Å². The normalized spacial score (nSPS) is 13.7. The average Bonchev–Trinajstić information content (AvgIpc) is 3.21. The molecule has 0 bridgehead atoms. The van der Waals surface area contributed by atoms with E-state index in [-0.39, 0.29) is 28.6 Å². The van der Waals surface area contributed by atoms with Crippen molar-refractivity contribution in [1.29, 1.82) is 0 Å². The van der Waals surface area contributed by atoms with Crippen LogP contribution in [0.5, 0.6) is 11.5 Å². The van der Waals surface area contributed by atoms with Gasteiger partial charge in [0.25, 0.3) is 11.6 Å². The van der Waals surface area contributed by atoms with E-state index in [1.807, 2.05) is 12.3 Å². The number of nitro groups is 1. The summed E-state index contributed by atoms with van der Waals surface area (Å²) in [6, 6.07) is 7.17. The molecule has 0 aliphatic carbocycles. The van der Waals surface area contributed by atoms with Crippen molar-refractivity contribution in [3.05, 3.63) is 69.7 Å². The maximum absolute atomic E-state index is 13.5. The maximum atomic E-state index is 13.5. The van der Waals surface area contributed by atoms with Crippen LogP contribution in [-0.2, 0) is 0 Å². The molecular formula is C23H22FN3O5. The minimum atomic E-state index is -0.592. The number of nitrogens with one attached hydrogen (secondary N) is 1. The number of fused-ring (bicyclic) bond motifs is 1. The van der Waals surface area contributed by atoms with Gasteiger partial charge in [-0.1, -0.05) is 6.08 Å². The van der Waals surface area contributed by atoms with E-state index in [1.165, 1.54) is 31.4 Å². The molecule has 1 amide bonds. The molecule has 3 aromatic rings. The van der Waals surface area contributed by atoms with Gasteiger partial charge >= 0.3 is 0 Å². The zero-order chi connectivity index (χ0) is 22.8. The second kappa shape index (κ2) is 8.70. The molecule has 8 nitrogen and oxygen atoms in total. The molecule has 2 heterocycles. The highest BCUT2D eigenvalue weighted by atomic mass is 19.1. The van der Waals surface area contributed by atoms with E-state index < -0.39 is 10.8 Å². The molecule has 0 radical (unpaired) electrons. The van der Waals surface area contributed by atoms with Crippen molar-refractivity contribution in [2.24, 2.45) is 0 Å². The lowest BCUT2D eigenvalue weighted by Gasteiger charge is -2.26. The van der Waals surface area contributed by atoms with Crippen LogP contribution >= 0.6 is 0 Å². The van der Waals surface area contributed by atoms with Crippen molar-refractivity contribution in [2.75, 3.05) is 26.8 Å². The molecule has 1 aromatic heterocycles. The van der Waals surface area contributed by atoms with Gasteiger partial charge < -0.3 is 19.4 Å². The summed E-state index contributed by atoms with van der Waals surface area (Å²) in [6.45, 7) is 2.76. The summed E-state index contributed by atoms with van der Waals surface area (Å²) >= 11 is 0. The predicted molar refractivity (Wildman–Crippen MR) is 118 cm³/mol. The highest BCUT2D eigenvalue weighted by molar-refractivity contribution is 6.00. The van der Waals surface area contributed by atoms with Gasteiger partial charge in [-0.2, -0.15) is 0 Å². The van der Waals surface area contributed by atoms with Gasteiger partial charge in [0.05, 0.1) is 24.7 Å². The number of H-pyrrole nitrogens is 1. The zero-order valence-corrected chi connectivity index (χ0v) is 17.7. The van der Waals surface area contributed by atoms with Crippen LogP contribution < -0.4 is 9.47 Å². The van der Waals surface area contributed by atoms with Crippen LogP contribution in [0, 0.1) is 15.9 Å². The Balaban J connectivity index is 1.61. The van der Waals surface area contributed by atoms with Crippen LogP contribution in [0.4, 0.5) is 10.1 Å². The SMILES string of the molecule is CCOc1cc([N+](=O)[O-])c(C(=O)N2CC=C(c3c[nH]c4cc(F)ccc34)CC2)cc1OC. The summed E-state index contributed by atoms with van der Waals surface area (Å²) in [4.78, 5) is 28.8. The first kappa shape index (κ1) is 21.4. The molecular weight excluding hydrogens is 417 g/mol. The number of aromatic nitrogens is 1. The summed E-state index contributed by atoms with van der Waals surface area (Å²) in [5, 5.41) is 12.5. The van der Waals surface area contributed by atoms with Crippen LogP contribution in [0.15, 0.2) is 42.6 Å². The lowest BCUT2D eigenvalue weighted by molar-refractivity contribution is -0.385. The second-order valence-corrected chi connectivity index (χ2v) is 7.33. The number of carbonyl (C=O) groups is 1. The van der Waals surface area contributed by atoms with Crippen LogP contribution in [-0.4, -0.2) is 47.5 Å². The summed E-state index contributed by atoms with van der Waals surface area (Å²) < 4.78 is 24.1. The van der Waals surface area contributed by atoms with Crippen LogP contribution in [0.25, 0.3) is 16.5 Å². The van der Waals surface area contributed by atoms with E-state index in [0.717, 1.165) is 16.5 Å². The third-order valence-electron chi connectivity index (χ3n) is 5.49. The molecule has 0 spiro atoms. The van der Waals surface area contributed by atoms with E-state index in [2.05, 4.69) is 4.98 Å². The second-order valence-electron chi connectivity index (χ2n) is 7.33. The van der Waals surface area contributed by atoms with Gasteiger partial charge in [0, 0.05) is 41.8 Å². The maximum Gasteiger partial charge on any atom is 0.286 e. The molecule has 0 fully saturated rings.